The summed E-state index contributed by atoms with van der Waals surface area (Å²) in [6, 6.07) is 5.62. The van der Waals surface area contributed by atoms with Crippen molar-refractivity contribution >= 4 is 17.5 Å². The Hall–Kier alpha value is -2.04. The highest BCUT2D eigenvalue weighted by molar-refractivity contribution is 6.00. The third-order valence-corrected chi connectivity index (χ3v) is 3.91. The molecule has 0 saturated heterocycles. The van der Waals surface area contributed by atoms with Crippen molar-refractivity contribution in [2.24, 2.45) is 11.8 Å². The van der Waals surface area contributed by atoms with Crippen LogP contribution in [0.2, 0.25) is 0 Å². The number of ether oxygens (including phenoxy) is 1. The number of benzene rings is 1. The summed E-state index contributed by atoms with van der Waals surface area (Å²) < 4.78 is 5.25. The van der Waals surface area contributed by atoms with Gasteiger partial charge in [-0.3, -0.25) is 9.59 Å². The maximum absolute atomic E-state index is 12.3. The quantitative estimate of drug-likeness (QED) is 0.761. The van der Waals surface area contributed by atoms with Crippen LogP contribution in [0.4, 0.5) is 5.69 Å². The lowest BCUT2D eigenvalue weighted by Crippen LogP contribution is -2.28. The predicted molar refractivity (Wildman–Crippen MR) is 85.9 cm³/mol. The van der Waals surface area contributed by atoms with Gasteiger partial charge in [-0.2, -0.15) is 0 Å². The molecular formula is C17H24N2O3. The Balaban J connectivity index is 1.89. The Morgan fingerprint density at radius 2 is 2.00 bits per heavy atom. The number of carbonyl (C=O) groups is 2. The van der Waals surface area contributed by atoms with Gasteiger partial charge in [-0.25, -0.2) is 0 Å². The lowest BCUT2D eigenvalue weighted by atomic mass is 10.2. The minimum Gasteiger partial charge on any atom is -0.495 e. The van der Waals surface area contributed by atoms with Crippen LogP contribution in [0.25, 0.3) is 0 Å². The average Bonchev–Trinajstić information content (AvgIpc) is 3.28. The van der Waals surface area contributed by atoms with Crippen LogP contribution in [0.3, 0.4) is 0 Å². The molecule has 22 heavy (non-hydrogen) atoms. The molecule has 1 aromatic carbocycles. The second-order valence-corrected chi connectivity index (χ2v) is 5.79. The fourth-order valence-corrected chi connectivity index (χ4v) is 2.44. The van der Waals surface area contributed by atoms with Crippen molar-refractivity contribution in [3.05, 3.63) is 23.8 Å². The SMILES string of the molecule is CCCCNC(=O)C1CC1C(=O)Nc1cc(C)ccc1OC. The number of hydrogen-bond acceptors (Lipinski definition) is 3. The average molecular weight is 304 g/mol. The first-order valence-electron chi connectivity index (χ1n) is 7.80. The van der Waals surface area contributed by atoms with Gasteiger partial charge in [-0.1, -0.05) is 19.4 Å². The van der Waals surface area contributed by atoms with Crippen molar-refractivity contribution in [2.75, 3.05) is 19.0 Å². The van der Waals surface area contributed by atoms with Crippen molar-refractivity contribution in [2.45, 2.75) is 33.1 Å². The number of hydrogen-bond donors (Lipinski definition) is 2. The van der Waals surface area contributed by atoms with E-state index in [2.05, 4.69) is 17.6 Å². The summed E-state index contributed by atoms with van der Waals surface area (Å²) in [6.07, 6.45) is 2.63. The molecule has 1 aromatic rings. The summed E-state index contributed by atoms with van der Waals surface area (Å²) in [5.74, 6) is 0.0902. The number of anilines is 1. The lowest BCUT2D eigenvalue weighted by Gasteiger charge is -2.11. The monoisotopic (exact) mass is 304 g/mol. The second-order valence-electron chi connectivity index (χ2n) is 5.79. The Morgan fingerprint density at radius 3 is 2.68 bits per heavy atom. The topological polar surface area (TPSA) is 67.4 Å². The number of carbonyl (C=O) groups excluding carboxylic acids is 2. The first kappa shape index (κ1) is 16.3. The smallest absolute Gasteiger partial charge is 0.228 e. The van der Waals surface area contributed by atoms with Gasteiger partial charge in [0.25, 0.3) is 0 Å². The lowest BCUT2D eigenvalue weighted by molar-refractivity contribution is -0.125. The van der Waals surface area contributed by atoms with E-state index in [-0.39, 0.29) is 23.7 Å². The molecule has 5 heteroatoms. The fraction of sp³-hybridized carbons (Fsp3) is 0.529. The van der Waals surface area contributed by atoms with Crippen molar-refractivity contribution < 1.29 is 14.3 Å². The molecule has 2 amide bonds. The Kier molecular flexibility index (Phi) is 5.41. The molecule has 0 aliphatic heterocycles. The molecule has 120 valence electrons. The summed E-state index contributed by atoms with van der Waals surface area (Å²) in [6.45, 7) is 4.72. The van der Waals surface area contributed by atoms with Crippen molar-refractivity contribution in [3.8, 4) is 5.75 Å². The minimum absolute atomic E-state index is 0.00944. The molecule has 0 bridgehead atoms. The highest BCUT2D eigenvalue weighted by Gasteiger charge is 2.47. The van der Waals surface area contributed by atoms with Crippen LogP contribution in [0.5, 0.6) is 5.75 Å². The zero-order valence-corrected chi connectivity index (χ0v) is 13.4. The second kappa shape index (κ2) is 7.29. The van der Waals surface area contributed by atoms with Crippen molar-refractivity contribution in [1.82, 2.24) is 5.32 Å². The number of methoxy groups -OCH3 is 1. The molecule has 0 aromatic heterocycles. The van der Waals surface area contributed by atoms with E-state index in [0.29, 0.717) is 24.4 Å². The van der Waals surface area contributed by atoms with E-state index < -0.39 is 0 Å². The zero-order valence-electron chi connectivity index (χ0n) is 13.4. The molecule has 2 atom stereocenters. The molecule has 1 aliphatic carbocycles. The Bertz CT molecular complexity index is 557. The zero-order chi connectivity index (χ0) is 16.1. The maximum atomic E-state index is 12.3. The molecule has 5 nitrogen and oxygen atoms in total. The summed E-state index contributed by atoms with van der Waals surface area (Å²) >= 11 is 0. The largest absolute Gasteiger partial charge is 0.495 e. The molecule has 2 unspecified atom stereocenters. The van der Waals surface area contributed by atoms with Gasteiger partial charge < -0.3 is 15.4 Å². The first-order chi connectivity index (χ1) is 10.6. The van der Waals surface area contributed by atoms with E-state index in [1.54, 1.807) is 7.11 Å². The molecule has 0 spiro atoms. The minimum atomic E-state index is -0.230. The maximum Gasteiger partial charge on any atom is 0.228 e. The molecule has 2 N–H and O–H groups in total. The van der Waals surface area contributed by atoms with Crippen LogP contribution in [0.15, 0.2) is 18.2 Å². The third kappa shape index (κ3) is 4.00. The van der Waals surface area contributed by atoms with Gasteiger partial charge in [0.15, 0.2) is 0 Å². The summed E-state index contributed by atoms with van der Waals surface area (Å²) in [5, 5.41) is 5.75. The molecule has 0 heterocycles. The van der Waals surface area contributed by atoms with Crippen molar-refractivity contribution in [3.63, 3.8) is 0 Å². The third-order valence-electron chi connectivity index (χ3n) is 3.91. The molecule has 1 aliphatic rings. The predicted octanol–water partition coefficient (Wildman–Crippen LogP) is 2.49. The van der Waals surface area contributed by atoms with E-state index in [4.69, 9.17) is 4.74 Å². The number of nitrogens with one attached hydrogen (secondary N) is 2. The highest BCUT2D eigenvalue weighted by Crippen LogP contribution is 2.40. The van der Waals surface area contributed by atoms with Crippen LogP contribution in [0.1, 0.15) is 31.7 Å². The van der Waals surface area contributed by atoms with Crippen LogP contribution < -0.4 is 15.4 Å². The Morgan fingerprint density at radius 1 is 1.27 bits per heavy atom. The number of aryl methyl sites for hydroxylation is 1. The standard InChI is InChI=1S/C17H24N2O3/c1-4-5-8-18-16(20)12-10-13(12)17(21)19-14-9-11(2)6-7-15(14)22-3/h6-7,9,12-13H,4-5,8,10H2,1-3H3,(H,18,20)(H,19,21). The molecule has 2 rings (SSSR count). The van der Waals surface area contributed by atoms with Crippen LogP contribution in [-0.2, 0) is 9.59 Å². The summed E-state index contributed by atoms with van der Waals surface area (Å²) in [4.78, 5) is 24.2. The first-order valence-corrected chi connectivity index (χ1v) is 7.80. The summed E-state index contributed by atoms with van der Waals surface area (Å²) in [7, 11) is 1.57. The normalized spacial score (nSPS) is 19.4. The van der Waals surface area contributed by atoms with Gasteiger partial charge in [-0.15, -0.1) is 0 Å². The molecule has 0 radical (unpaired) electrons. The fourth-order valence-electron chi connectivity index (χ4n) is 2.44. The molecular weight excluding hydrogens is 280 g/mol. The van der Waals surface area contributed by atoms with Gasteiger partial charge in [0, 0.05) is 6.54 Å². The van der Waals surface area contributed by atoms with E-state index in [1.807, 2.05) is 25.1 Å². The molecule has 1 saturated carbocycles. The van der Waals surface area contributed by atoms with Crippen LogP contribution in [0, 0.1) is 18.8 Å². The highest BCUT2D eigenvalue weighted by atomic mass is 16.5. The van der Waals surface area contributed by atoms with E-state index >= 15 is 0 Å². The van der Waals surface area contributed by atoms with Gasteiger partial charge in [0.2, 0.25) is 11.8 Å². The van der Waals surface area contributed by atoms with Crippen LogP contribution in [-0.4, -0.2) is 25.5 Å². The van der Waals surface area contributed by atoms with E-state index in [1.165, 1.54) is 0 Å². The molecule has 1 fully saturated rings. The van der Waals surface area contributed by atoms with Gasteiger partial charge in [0.1, 0.15) is 5.75 Å². The van der Waals surface area contributed by atoms with Crippen molar-refractivity contribution in [1.29, 1.82) is 0 Å². The van der Waals surface area contributed by atoms with Gasteiger partial charge in [0.05, 0.1) is 24.6 Å². The Labute approximate surface area is 131 Å². The summed E-state index contributed by atoms with van der Waals surface area (Å²) in [5.41, 5.74) is 1.70. The van der Waals surface area contributed by atoms with Gasteiger partial charge >= 0.3 is 0 Å². The van der Waals surface area contributed by atoms with E-state index in [0.717, 1.165) is 18.4 Å². The van der Waals surface area contributed by atoms with Crippen LogP contribution >= 0.6 is 0 Å². The van der Waals surface area contributed by atoms with E-state index in [9.17, 15) is 9.59 Å². The number of rotatable bonds is 7. The number of amides is 2. The number of unbranched alkanes of at least 4 members (excludes halogenated alkanes) is 1. The van der Waals surface area contributed by atoms with Gasteiger partial charge in [-0.05, 0) is 37.5 Å².